The standard InChI is InChI=1S/C16H12F2N2O3S2/c1-9-2-4-11(5-3-9)25(22,23)8-14(21)19-16-20-15-12(18)6-10(17)7-13(15)24-16/h2-7H,8H2,1H3,(H,19,20,21). The maximum Gasteiger partial charge on any atom is 0.241 e. The lowest BCUT2D eigenvalue weighted by molar-refractivity contribution is -0.113. The van der Waals surface area contributed by atoms with E-state index < -0.39 is 33.1 Å². The minimum Gasteiger partial charge on any atom is -0.301 e. The van der Waals surface area contributed by atoms with Crippen LogP contribution in [0.4, 0.5) is 13.9 Å². The SMILES string of the molecule is Cc1ccc(S(=O)(=O)CC(=O)Nc2nc3c(F)cc(F)cc3s2)cc1. The highest BCUT2D eigenvalue weighted by Crippen LogP contribution is 2.28. The first-order valence-electron chi connectivity index (χ1n) is 7.09. The summed E-state index contributed by atoms with van der Waals surface area (Å²) in [6, 6.07) is 7.90. The molecule has 0 fully saturated rings. The fraction of sp³-hybridized carbons (Fsp3) is 0.125. The van der Waals surface area contributed by atoms with E-state index in [9.17, 15) is 22.0 Å². The fourth-order valence-corrected chi connectivity index (χ4v) is 4.22. The van der Waals surface area contributed by atoms with Crippen LogP contribution in [0.5, 0.6) is 0 Å². The second-order valence-corrected chi connectivity index (χ2v) is 8.39. The number of benzene rings is 2. The molecule has 5 nitrogen and oxygen atoms in total. The summed E-state index contributed by atoms with van der Waals surface area (Å²) in [5, 5.41) is 2.32. The van der Waals surface area contributed by atoms with Gasteiger partial charge >= 0.3 is 0 Å². The molecule has 2 aromatic carbocycles. The number of anilines is 1. The summed E-state index contributed by atoms with van der Waals surface area (Å²) in [6.07, 6.45) is 0. The molecular formula is C16H12F2N2O3S2. The van der Waals surface area contributed by atoms with Gasteiger partial charge in [-0.05, 0) is 25.1 Å². The Kier molecular flexibility index (Phi) is 4.53. The van der Waals surface area contributed by atoms with Gasteiger partial charge in [-0.25, -0.2) is 22.2 Å². The van der Waals surface area contributed by atoms with E-state index in [1.54, 1.807) is 12.1 Å². The molecule has 0 bridgehead atoms. The predicted molar refractivity (Wildman–Crippen MR) is 91.4 cm³/mol. The van der Waals surface area contributed by atoms with Gasteiger partial charge in [-0.1, -0.05) is 29.0 Å². The van der Waals surface area contributed by atoms with Gasteiger partial charge in [0, 0.05) is 6.07 Å². The first-order chi connectivity index (χ1) is 11.7. The number of nitrogens with one attached hydrogen (secondary N) is 1. The molecule has 3 aromatic rings. The number of carbonyl (C=O) groups excluding carboxylic acids is 1. The zero-order chi connectivity index (χ0) is 18.2. The quantitative estimate of drug-likeness (QED) is 0.751. The average Bonchev–Trinajstić information content (AvgIpc) is 2.89. The van der Waals surface area contributed by atoms with Crippen LogP contribution in [0, 0.1) is 18.6 Å². The van der Waals surface area contributed by atoms with Gasteiger partial charge in [-0.15, -0.1) is 0 Å². The number of rotatable bonds is 4. The van der Waals surface area contributed by atoms with Gasteiger partial charge in [0.25, 0.3) is 0 Å². The van der Waals surface area contributed by atoms with Crippen LogP contribution in [0.15, 0.2) is 41.3 Å². The second-order valence-electron chi connectivity index (χ2n) is 5.37. The lowest BCUT2D eigenvalue weighted by Gasteiger charge is -2.04. The summed E-state index contributed by atoms with van der Waals surface area (Å²) in [5.74, 6) is -3.18. The Bertz CT molecular complexity index is 1060. The third-order valence-corrected chi connectivity index (χ3v) is 5.91. The molecule has 0 aliphatic carbocycles. The molecule has 3 rings (SSSR count). The first-order valence-corrected chi connectivity index (χ1v) is 9.56. The zero-order valence-corrected chi connectivity index (χ0v) is 14.5. The minimum absolute atomic E-state index is 0.00334. The van der Waals surface area contributed by atoms with E-state index in [4.69, 9.17) is 0 Å². The Morgan fingerprint density at radius 1 is 1.20 bits per heavy atom. The predicted octanol–water partition coefficient (Wildman–Crippen LogP) is 3.30. The highest BCUT2D eigenvalue weighted by molar-refractivity contribution is 7.92. The lowest BCUT2D eigenvalue weighted by atomic mass is 10.2. The van der Waals surface area contributed by atoms with Gasteiger partial charge in [0.1, 0.15) is 17.1 Å². The summed E-state index contributed by atoms with van der Waals surface area (Å²) in [5.41, 5.74) is 0.815. The largest absolute Gasteiger partial charge is 0.301 e. The molecule has 0 unspecified atom stereocenters. The maximum absolute atomic E-state index is 13.6. The van der Waals surface area contributed by atoms with Crippen molar-refractivity contribution >= 4 is 42.4 Å². The van der Waals surface area contributed by atoms with E-state index in [1.165, 1.54) is 12.1 Å². The van der Waals surface area contributed by atoms with Gasteiger partial charge in [0.15, 0.2) is 20.8 Å². The molecule has 0 aliphatic heterocycles. The van der Waals surface area contributed by atoms with Crippen LogP contribution in [-0.4, -0.2) is 25.1 Å². The molecule has 130 valence electrons. The van der Waals surface area contributed by atoms with Crippen LogP contribution in [0.2, 0.25) is 0 Å². The molecule has 1 heterocycles. The van der Waals surface area contributed by atoms with E-state index >= 15 is 0 Å². The Balaban J connectivity index is 1.78. The third-order valence-electron chi connectivity index (χ3n) is 3.36. The number of halogens is 2. The number of fused-ring (bicyclic) bond motifs is 1. The normalized spacial score (nSPS) is 11.6. The van der Waals surface area contributed by atoms with Crippen LogP contribution >= 0.6 is 11.3 Å². The van der Waals surface area contributed by atoms with E-state index in [0.717, 1.165) is 23.0 Å². The number of amides is 1. The Hall–Kier alpha value is -2.39. The molecule has 25 heavy (non-hydrogen) atoms. The van der Waals surface area contributed by atoms with Crippen LogP contribution in [-0.2, 0) is 14.6 Å². The number of hydrogen-bond donors (Lipinski definition) is 1. The molecule has 0 radical (unpaired) electrons. The number of sulfone groups is 1. The van der Waals surface area contributed by atoms with Crippen molar-refractivity contribution in [1.82, 2.24) is 4.98 Å². The van der Waals surface area contributed by atoms with Crippen molar-refractivity contribution in [3.05, 3.63) is 53.6 Å². The van der Waals surface area contributed by atoms with Crippen molar-refractivity contribution in [3.8, 4) is 0 Å². The van der Waals surface area contributed by atoms with Crippen molar-refractivity contribution in [2.24, 2.45) is 0 Å². The Morgan fingerprint density at radius 3 is 2.56 bits per heavy atom. The molecule has 1 aromatic heterocycles. The number of aryl methyl sites for hydroxylation is 1. The van der Waals surface area contributed by atoms with E-state index in [2.05, 4.69) is 10.3 Å². The molecule has 0 saturated heterocycles. The van der Waals surface area contributed by atoms with Crippen molar-refractivity contribution in [3.63, 3.8) is 0 Å². The van der Waals surface area contributed by atoms with Crippen LogP contribution in [0.25, 0.3) is 10.2 Å². The smallest absolute Gasteiger partial charge is 0.241 e. The van der Waals surface area contributed by atoms with E-state index in [-0.39, 0.29) is 20.2 Å². The van der Waals surface area contributed by atoms with Crippen LogP contribution in [0.1, 0.15) is 5.56 Å². The number of carbonyl (C=O) groups is 1. The number of thiazole rings is 1. The number of aromatic nitrogens is 1. The summed E-state index contributed by atoms with van der Waals surface area (Å²) < 4.78 is 51.5. The highest BCUT2D eigenvalue weighted by Gasteiger charge is 2.20. The van der Waals surface area contributed by atoms with Gasteiger partial charge in [0.2, 0.25) is 5.91 Å². The van der Waals surface area contributed by atoms with Gasteiger partial charge in [0.05, 0.1) is 9.60 Å². The summed E-state index contributed by atoms with van der Waals surface area (Å²) >= 11 is 0.860. The second kappa shape index (κ2) is 6.49. The van der Waals surface area contributed by atoms with E-state index in [1.807, 2.05) is 6.92 Å². The van der Waals surface area contributed by atoms with Crippen LogP contribution in [0.3, 0.4) is 0 Å². The molecule has 0 saturated carbocycles. The summed E-state index contributed by atoms with van der Waals surface area (Å²) in [7, 11) is -3.81. The monoisotopic (exact) mass is 382 g/mol. The fourth-order valence-electron chi connectivity index (χ4n) is 2.17. The number of hydrogen-bond acceptors (Lipinski definition) is 5. The Labute approximate surface area is 146 Å². The molecule has 0 spiro atoms. The van der Waals surface area contributed by atoms with Gasteiger partial charge in [-0.3, -0.25) is 4.79 Å². The molecule has 0 atom stereocenters. The van der Waals surface area contributed by atoms with Crippen molar-refractivity contribution in [2.45, 2.75) is 11.8 Å². The average molecular weight is 382 g/mol. The van der Waals surface area contributed by atoms with Gasteiger partial charge < -0.3 is 5.32 Å². The molecule has 1 N–H and O–H groups in total. The first kappa shape index (κ1) is 17.4. The maximum atomic E-state index is 13.6. The van der Waals surface area contributed by atoms with Gasteiger partial charge in [-0.2, -0.15) is 0 Å². The van der Waals surface area contributed by atoms with E-state index in [0.29, 0.717) is 6.07 Å². The van der Waals surface area contributed by atoms with Crippen molar-refractivity contribution in [2.75, 3.05) is 11.1 Å². The Morgan fingerprint density at radius 2 is 1.88 bits per heavy atom. The molecular weight excluding hydrogens is 370 g/mol. The zero-order valence-electron chi connectivity index (χ0n) is 12.9. The molecule has 1 amide bonds. The van der Waals surface area contributed by atoms with Crippen molar-refractivity contribution < 1.29 is 22.0 Å². The number of nitrogens with zero attached hydrogens (tertiary/aromatic N) is 1. The third kappa shape index (κ3) is 3.83. The summed E-state index contributed by atoms with van der Waals surface area (Å²) in [4.78, 5) is 15.9. The molecule has 9 heteroatoms. The highest BCUT2D eigenvalue weighted by atomic mass is 32.2. The topological polar surface area (TPSA) is 76.1 Å². The van der Waals surface area contributed by atoms with Crippen molar-refractivity contribution in [1.29, 1.82) is 0 Å². The summed E-state index contributed by atoms with van der Waals surface area (Å²) in [6.45, 7) is 1.82. The lowest BCUT2D eigenvalue weighted by Crippen LogP contribution is -2.22. The minimum atomic E-state index is -3.81. The van der Waals surface area contributed by atoms with Crippen LogP contribution < -0.4 is 5.32 Å². The molecule has 0 aliphatic rings.